The molecule has 0 bridgehead atoms. The molecule has 3 aromatic heterocycles. The Kier molecular flexibility index (Phi) is 6.01. The zero-order valence-electron chi connectivity index (χ0n) is 16.5. The van der Waals surface area contributed by atoms with E-state index >= 15 is 0 Å². The number of thioether (sulfide) groups is 1. The highest BCUT2D eigenvalue weighted by atomic mass is 32.2. The van der Waals surface area contributed by atoms with Crippen LogP contribution < -0.4 is 10.9 Å². The first kappa shape index (κ1) is 20.4. The molecule has 4 aromatic rings. The minimum absolute atomic E-state index is 0.128. The van der Waals surface area contributed by atoms with Gasteiger partial charge in [-0.05, 0) is 37.5 Å². The summed E-state index contributed by atoms with van der Waals surface area (Å²) in [6.45, 7) is 4.70. The van der Waals surface area contributed by atoms with E-state index in [4.69, 9.17) is 9.40 Å². The Balaban J connectivity index is 1.60. The third-order valence-corrected chi connectivity index (χ3v) is 6.36. The first-order valence-electron chi connectivity index (χ1n) is 9.46. The summed E-state index contributed by atoms with van der Waals surface area (Å²) in [5.74, 6) is 0.678. The lowest BCUT2D eigenvalue weighted by Gasteiger charge is -2.10. The Morgan fingerprint density at radius 2 is 2.07 bits per heavy atom. The molecule has 0 aliphatic carbocycles. The van der Waals surface area contributed by atoms with Crippen molar-refractivity contribution in [2.75, 3.05) is 5.75 Å². The van der Waals surface area contributed by atoms with Crippen molar-refractivity contribution < 1.29 is 9.21 Å². The molecule has 9 heteroatoms. The number of carbonyl (C=O) groups excluding carboxylic acids is 1. The number of hydrogen-bond donors (Lipinski definition) is 1. The molecule has 0 saturated heterocycles. The van der Waals surface area contributed by atoms with E-state index in [1.807, 2.05) is 38.1 Å². The van der Waals surface area contributed by atoms with E-state index in [1.165, 1.54) is 11.8 Å². The fraction of sp³-hybridized carbons (Fsp3) is 0.238. The number of aryl methyl sites for hydroxylation is 1. The molecule has 7 nitrogen and oxygen atoms in total. The maximum absolute atomic E-state index is 13.0. The van der Waals surface area contributed by atoms with Crippen molar-refractivity contribution in [3.05, 3.63) is 64.3 Å². The summed E-state index contributed by atoms with van der Waals surface area (Å²) in [6.07, 6.45) is 1.57. The van der Waals surface area contributed by atoms with Gasteiger partial charge in [0.15, 0.2) is 5.16 Å². The van der Waals surface area contributed by atoms with Gasteiger partial charge >= 0.3 is 0 Å². The molecule has 0 spiro atoms. The molecule has 0 radical (unpaired) electrons. The predicted octanol–water partition coefficient (Wildman–Crippen LogP) is 3.85. The molecule has 0 aliphatic heterocycles. The molecule has 0 atom stereocenters. The lowest BCUT2D eigenvalue weighted by Crippen LogP contribution is -2.26. The molecular formula is C21H20N4O3S2. The zero-order chi connectivity index (χ0) is 21.1. The summed E-state index contributed by atoms with van der Waals surface area (Å²) in [5.41, 5.74) is 3.21. The second-order valence-electron chi connectivity index (χ2n) is 6.66. The van der Waals surface area contributed by atoms with Gasteiger partial charge in [0, 0.05) is 12.1 Å². The van der Waals surface area contributed by atoms with Crippen LogP contribution in [-0.4, -0.2) is 25.6 Å². The third kappa shape index (κ3) is 4.17. The number of nitrogens with zero attached hydrogens (tertiary/aromatic N) is 3. The van der Waals surface area contributed by atoms with Crippen LogP contribution in [0, 0.1) is 6.92 Å². The van der Waals surface area contributed by atoms with E-state index in [2.05, 4.69) is 9.69 Å². The van der Waals surface area contributed by atoms with E-state index in [9.17, 15) is 9.59 Å². The van der Waals surface area contributed by atoms with Crippen molar-refractivity contribution in [1.82, 2.24) is 19.2 Å². The summed E-state index contributed by atoms with van der Waals surface area (Å²) >= 11 is 2.41. The van der Waals surface area contributed by atoms with E-state index in [1.54, 1.807) is 23.0 Å². The number of furan rings is 1. The Hall–Kier alpha value is -2.91. The number of benzene rings is 1. The summed E-state index contributed by atoms with van der Waals surface area (Å²) < 4.78 is 11.8. The smallest absolute Gasteiger partial charge is 0.273 e. The zero-order valence-corrected chi connectivity index (χ0v) is 18.2. The third-order valence-electron chi connectivity index (χ3n) is 4.56. The first-order chi connectivity index (χ1) is 14.6. The van der Waals surface area contributed by atoms with E-state index in [-0.39, 0.29) is 17.2 Å². The number of hydrogen-bond acceptors (Lipinski definition) is 7. The van der Waals surface area contributed by atoms with Gasteiger partial charge in [0.25, 0.3) is 5.56 Å². The van der Waals surface area contributed by atoms with Crippen LogP contribution >= 0.6 is 23.3 Å². The van der Waals surface area contributed by atoms with Crippen LogP contribution in [0.1, 0.15) is 18.2 Å². The quantitative estimate of drug-likeness (QED) is 0.347. The van der Waals surface area contributed by atoms with Gasteiger partial charge in [-0.15, -0.1) is 0 Å². The van der Waals surface area contributed by atoms with Crippen molar-refractivity contribution in [2.45, 2.75) is 32.1 Å². The van der Waals surface area contributed by atoms with Gasteiger partial charge in [-0.2, -0.15) is 4.37 Å². The number of nitrogens with one attached hydrogen (secondary N) is 1. The average molecular weight is 441 g/mol. The Morgan fingerprint density at radius 1 is 1.27 bits per heavy atom. The SMILES string of the molecule is CCn1c(SCC(=O)NCc2ccco2)nc2c(-c3ccc(C)cc3)nsc2c1=O. The van der Waals surface area contributed by atoms with Crippen LogP contribution in [0.5, 0.6) is 0 Å². The lowest BCUT2D eigenvalue weighted by molar-refractivity contribution is -0.118. The molecule has 0 saturated carbocycles. The van der Waals surface area contributed by atoms with Crippen LogP contribution in [0.25, 0.3) is 21.5 Å². The summed E-state index contributed by atoms with van der Waals surface area (Å²) in [4.78, 5) is 29.9. The summed E-state index contributed by atoms with van der Waals surface area (Å²) in [7, 11) is 0. The lowest BCUT2D eigenvalue weighted by atomic mass is 10.1. The maximum atomic E-state index is 13.0. The van der Waals surface area contributed by atoms with Gasteiger partial charge in [0.2, 0.25) is 5.91 Å². The van der Waals surface area contributed by atoms with Gasteiger partial charge in [-0.1, -0.05) is 41.6 Å². The molecule has 0 unspecified atom stereocenters. The molecule has 4 rings (SSSR count). The fourth-order valence-electron chi connectivity index (χ4n) is 2.96. The second-order valence-corrected chi connectivity index (χ2v) is 8.38. The molecule has 154 valence electrons. The largest absolute Gasteiger partial charge is 0.467 e. The van der Waals surface area contributed by atoms with Crippen LogP contribution in [0.2, 0.25) is 0 Å². The van der Waals surface area contributed by atoms with E-state index in [0.717, 1.165) is 22.7 Å². The van der Waals surface area contributed by atoms with Crippen molar-refractivity contribution in [3.63, 3.8) is 0 Å². The fourth-order valence-corrected chi connectivity index (χ4v) is 4.64. The Bertz CT molecular complexity index is 1230. The van der Waals surface area contributed by atoms with Crippen LogP contribution in [0.3, 0.4) is 0 Å². The summed E-state index contributed by atoms with van der Waals surface area (Å²) in [6, 6.07) is 11.5. The van der Waals surface area contributed by atoms with Gasteiger partial charge in [0.1, 0.15) is 21.7 Å². The number of amides is 1. The number of carbonyl (C=O) groups is 1. The minimum Gasteiger partial charge on any atom is -0.467 e. The molecule has 0 aliphatic rings. The number of fused-ring (bicyclic) bond motifs is 1. The van der Waals surface area contributed by atoms with Gasteiger partial charge in [-0.3, -0.25) is 14.2 Å². The molecule has 1 amide bonds. The molecule has 1 N–H and O–H groups in total. The highest BCUT2D eigenvalue weighted by molar-refractivity contribution is 7.99. The van der Waals surface area contributed by atoms with Crippen LogP contribution in [0.15, 0.2) is 57.0 Å². The molecule has 1 aromatic carbocycles. The van der Waals surface area contributed by atoms with Gasteiger partial charge in [0.05, 0.1) is 18.6 Å². The Labute approximate surface area is 181 Å². The molecule has 0 fully saturated rings. The van der Waals surface area contributed by atoms with Crippen LogP contribution in [0.4, 0.5) is 0 Å². The average Bonchev–Trinajstić information content (AvgIpc) is 3.41. The van der Waals surface area contributed by atoms with Crippen LogP contribution in [-0.2, 0) is 17.9 Å². The van der Waals surface area contributed by atoms with Crippen molar-refractivity contribution in [2.24, 2.45) is 0 Å². The Morgan fingerprint density at radius 3 is 2.77 bits per heavy atom. The predicted molar refractivity (Wildman–Crippen MR) is 119 cm³/mol. The monoisotopic (exact) mass is 440 g/mol. The standard InChI is InChI=1S/C21H20N4O3S2/c1-3-25-20(27)19-18(17(24-30-19)14-8-6-13(2)7-9-14)23-21(25)29-12-16(26)22-11-15-5-4-10-28-15/h4-10H,3,11-12H2,1-2H3,(H,22,26). The first-order valence-corrected chi connectivity index (χ1v) is 11.2. The van der Waals surface area contributed by atoms with E-state index in [0.29, 0.717) is 39.9 Å². The highest BCUT2D eigenvalue weighted by Gasteiger charge is 2.18. The van der Waals surface area contributed by atoms with Crippen molar-refractivity contribution in [3.8, 4) is 11.3 Å². The van der Waals surface area contributed by atoms with Crippen molar-refractivity contribution >= 4 is 39.4 Å². The number of aromatic nitrogens is 3. The second kappa shape index (κ2) is 8.85. The molecular weight excluding hydrogens is 420 g/mol. The van der Waals surface area contributed by atoms with Gasteiger partial charge in [-0.25, -0.2) is 4.98 Å². The van der Waals surface area contributed by atoms with Gasteiger partial charge < -0.3 is 9.73 Å². The maximum Gasteiger partial charge on any atom is 0.273 e. The minimum atomic E-state index is -0.157. The topological polar surface area (TPSA) is 90.0 Å². The highest BCUT2D eigenvalue weighted by Crippen LogP contribution is 2.29. The normalized spacial score (nSPS) is 11.1. The summed E-state index contributed by atoms with van der Waals surface area (Å²) in [5, 5.41) is 3.31. The van der Waals surface area contributed by atoms with Crippen molar-refractivity contribution in [1.29, 1.82) is 0 Å². The number of rotatable bonds is 7. The van der Waals surface area contributed by atoms with E-state index < -0.39 is 0 Å². The molecule has 3 heterocycles. The molecule has 30 heavy (non-hydrogen) atoms.